The largest absolute Gasteiger partial charge is 0.486 e. The maximum Gasteiger partial charge on any atom is 0.163 e. The molecule has 1 aliphatic rings. The molecule has 2 N–H and O–H groups in total. The number of imidazole rings is 1. The molecule has 2 aromatic carbocycles. The van der Waals surface area contributed by atoms with Crippen LogP contribution in [0, 0.1) is 0 Å². The number of rotatable bonds is 2. The molecule has 5 heteroatoms. The van der Waals surface area contributed by atoms with Gasteiger partial charge in [0.1, 0.15) is 19.0 Å². The zero-order valence-electron chi connectivity index (χ0n) is 12.4. The molecule has 5 nitrogen and oxygen atoms in total. The molecule has 112 valence electrons. The Morgan fingerprint density at radius 1 is 1.14 bits per heavy atom. The molecule has 0 fully saturated rings. The van der Waals surface area contributed by atoms with Gasteiger partial charge in [-0.05, 0) is 19.1 Å². The molecule has 1 aromatic heterocycles. The lowest BCUT2D eigenvalue weighted by Gasteiger charge is -2.18. The third-order valence-electron chi connectivity index (χ3n) is 3.87. The van der Waals surface area contributed by atoms with Crippen LogP contribution in [-0.4, -0.2) is 22.8 Å². The molecule has 0 saturated heterocycles. The molecule has 0 spiro atoms. The van der Waals surface area contributed by atoms with Crippen molar-refractivity contribution in [3.8, 4) is 22.9 Å². The van der Waals surface area contributed by atoms with E-state index in [1.54, 1.807) is 0 Å². The summed E-state index contributed by atoms with van der Waals surface area (Å²) >= 11 is 0. The van der Waals surface area contributed by atoms with E-state index in [0.717, 1.165) is 46.2 Å². The van der Waals surface area contributed by atoms with Gasteiger partial charge in [-0.1, -0.05) is 12.1 Å². The van der Waals surface area contributed by atoms with Crippen LogP contribution in [0.5, 0.6) is 11.5 Å². The highest BCUT2D eigenvalue weighted by Crippen LogP contribution is 2.36. The van der Waals surface area contributed by atoms with Gasteiger partial charge in [0.2, 0.25) is 0 Å². The number of aryl methyl sites for hydroxylation is 1. The van der Waals surface area contributed by atoms with E-state index < -0.39 is 0 Å². The number of ether oxygens (including phenoxy) is 2. The zero-order chi connectivity index (χ0) is 15.1. The Hall–Kier alpha value is -2.69. The highest BCUT2D eigenvalue weighted by Gasteiger charge is 2.18. The predicted molar refractivity (Wildman–Crippen MR) is 86.2 cm³/mol. The van der Waals surface area contributed by atoms with E-state index in [4.69, 9.17) is 20.2 Å². The van der Waals surface area contributed by atoms with E-state index in [1.165, 1.54) is 0 Å². The number of hydrogen-bond donors (Lipinski definition) is 1. The van der Waals surface area contributed by atoms with Crippen LogP contribution in [0.4, 0.5) is 5.69 Å². The highest BCUT2D eigenvalue weighted by molar-refractivity contribution is 5.84. The summed E-state index contributed by atoms with van der Waals surface area (Å²) in [6.07, 6.45) is 0. The van der Waals surface area contributed by atoms with E-state index in [1.807, 2.05) is 36.4 Å². The van der Waals surface area contributed by atoms with Crippen molar-refractivity contribution >= 4 is 16.7 Å². The second kappa shape index (κ2) is 4.94. The van der Waals surface area contributed by atoms with E-state index in [-0.39, 0.29) is 0 Å². The minimum absolute atomic E-state index is 0.578. The third-order valence-corrected chi connectivity index (χ3v) is 3.87. The fraction of sp³-hybridized carbons (Fsp3) is 0.235. The maximum atomic E-state index is 5.90. The minimum Gasteiger partial charge on any atom is -0.486 e. The number of hydrogen-bond acceptors (Lipinski definition) is 4. The Bertz CT molecular complexity index is 854. The Labute approximate surface area is 128 Å². The first-order valence-electron chi connectivity index (χ1n) is 7.42. The average Bonchev–Trinajstić information content (AvgIpc) is 2.90. The number of nitrogens with zero attached hydrogens (tertiary/aromatic N) is 2. The van der Waals surface area contributed by atoms with E-state index in [2.05, 4.69) is 11.5 Å². The molecule has 0 bridgehead atoms. The van der Waals surface area contributed by atoms with Gasteiger partial charge < -0.3 is 19.8 Å². The van der Waals surface area contributed by atoms with Crippen molar-refractivity contribution in [1.82, 2.24) is 9.55 Å². The summed E-state index contributed by atoms with van der Waals surface area (Å²) in [5.41, 5.74) is 9.60. The van der Waals surface area contributed by atoms with E-state index >= 15 is 0 Å². The normalized spacial score (nSPS) is 13.5. The maximum absolute atomic E-state index is 5.90. The smallest absolute Gasteiger partial charge is 0.163 e. The fourth-order valence-corrected chi connectivity index (χ4v) is 2.88. The summed E-state index contributed by atoms with van der Waals surface area (Å²) in [6, 6.07) is 11.8. The molecule has 0 aliphatic carbocycles. The molecule has 2 heterocycles. The molecule has 22 heavy (non-hydrogen) atoms. The third kappa shape index (κ3) is 1.97. The Balaban J connectivity index is 1.95. The molecule has 0 atom stereocenters. The van der Waals surface area contributed by atoms with Gasteiger partial charge in [0, 0.05) is 29.9 Å². The Morgan fingerprint density at radius 3 is 2.64 bits per heavy atom. The predicted octanol–water partition coefficient (Wildman–Crippen LogP) is 3.08. The second-order valence-electron chi connectivity index (χ2n) is 5.29. The molecule has 0 saturated carbocycles. The molecular formula is C17H17N3O2. The standard InChI is InChI=1S/C17H17N3O2/c1-2-20-14-10-16-15(21-6-7-22-16)9-13(14)19-17(20)11-4-3-5-12(18)8-11/h3-5,8-10H,2,6-7,18H2,1H3. The van der Waals surface area contributed by atoms with Crippen molar-refractivity contribution < 1.29 is 9.47 Å². The van der Waals surface area contributed by atoms with Crippen LogP contribution >= 0.6 is 0 Å². The number of benzene rings is 2. The summed E-state index contributed by atoms with van der Waals surface area (Å²) in [5.74, 6) is 2.46. The van der Waals surface area contributed by atoms with Crippen molar-refractivity contribution in [2.45, 2.75) is 13.5 Å². The Kier molecular flexibility index (Phi) is 2.92. The lowest BCUT2D eigenvalue weighted by molar-refractivity contribution is 0.172. The first-order chi connectivity index (χ1) is 10.8. The van der Waals surface area contributed by atoms with Gasteiger partial charge in [-0.2, -0.15) is 0 Å². The van der Waals surface area contributed by atoms with E-state index in [0.29, 0.717) is 13.2 Å². The first-order valence-corrected chi connectivity index (χ1v) is 7.42. The van der Waals surface area contributed by atoms with Gasteiger partial charge in [-0.15, -0.1) is 0 Å². The number of nitrogen functional groups attached to an aromatic ring is 1. The first kappa shape index (κ1) is 13.0. The van der Waals surface area contributed by atoms with Crippen molar-refractivity contribution in [3.63, 3.8) is 0 Å². The fourth-order valence-electron chi connectivity index (χ4n) is 2.88. The van der Waals surface area contributed by atoms with E-state index in [9.17, 15) is 0 Å². The quantitative estimate of drug-likeness (QED) is 0.738. The molecule has 0 amide bonds. The zero-order valence-corrected chi connectivity index (χ0v) is 12.4. The summed E-state index contributed by atoms with van der Waals surface area (Å²) in [6.45, 7) is 4.09. The van der Waals surface area contributed by atoms with Crippen LogP contribution in [0.3, 0.4) is 0 Å². The SMILES string of the molecule is CCn1c(-c2cccc(N)c2)nc2cc3c(cc21)OCCO3. The molecule has 1 aliphatic heterocycles. The van der Waals surface area contributed by atoms with Crippen molar-refractivity contribution in [2.75, 3.05) is 18.9 Å². The summed E-state index contributed by atoms with van der Waals surface area (Å²) in [5, 5.41) is 0. The van der Waals surface area contributed by atoms with Crippen LogP contribution in [0.15, 0.2) is 36.4 Å². The van der Waals surface area contributed by atoms with Crippen LogP contribution in [-0.2, 0) is 6.54 Å². The monoisotopic (exact) mass is 295 g/mol. The van der Waals surface area contributed by atoms with Gasteiger partial charge in [0.05, 0.1) is 11.0 Å². The average molecular weight is 295 g/mol. The van der Waals surface area contributed by atoms with Crippen molar-refractivity contribution in [3.05, 3.63) is 36.4 Å². The highest BCUT2D eigenvalue weighted by atomic mass is 16.6. The van der Waals surface area contributed by atoms with Gasteiger partial charge >= 0.3 is 0 Å². The summed E-state index contributed by atoms with van der Waals surface area (Å²) in [7, 11) is 0. The number of aromatic nitrogens is 2. The molecular weight excluding hydrogens is 278 g/mol. The number of nitrogens with two attached hydrogens (primary N) is 1. The molecule has 0 unspecified atom stereocenters. The minimum atomic E-state index is 0.578. The van der Waals surface area contributed by atoms with Gasteiger partial charge in [0.15, 0.2) is 11.5 Å². The van der Waals surface area contributed by atoms with Crippen molar-refractivity contribution in [1.29, 1.82) is 0 Å². The van der Waals surface area contributed by atoms with Crippen molar-refractivity contribution in [2.24, 2.45) is 0 Å². The molecule has 0 radical (unpaired) electrons. The van der Waals surface area contributed by atoms with Gasteiger partial charge in [-0.25, -0.2) is 4.98 Å². The lowest BCUT2D eigenvalue weighted by atomic mass is 10.2. The topological polar surface area (TPSA) is 62.3 Å². The molecule has 4 rings (SSSR count). The van der Waals surface area contributed by atoms with Crippen LogP contribution in [0.1, 0.15) is 6.92 Å². The van der Waals surface area contributed by atoms with Gasteiger partial charge in [-0.3, -0.25) is 0 Å². The number of fused-ring (bicyclic) bond motifs is 2. The second-order valence-corrected chi connectivity index (χ2v) is 5.29. The Morgan fingerprint density at radius 2 is 1.91 bits per heavy atom. The van der Waals surface area contributed by atoms with Crippen LogP contribution < -0.4 is 15.2 Å². The summed E-state index contributed by atoms with van der Waals surface area (Å²) < 4.78 is 13.5. The molecule has 3 aromatic rings. The van der Waals surface area contributed by atoms with Gasteiger partial charge in [0.25, 0.3) is 0 Å². The summed E-state index contributed by atoms with van der Waals surface area (Å²) in [4.78, 5) is 4.77. The van der Waals surface area contributed by atoms with Crippen LogP contribution in [0.25, 0.3) is 22.4 Å². The number of anilines is 1. The lowest BCUT2D eigenvalue weighted by Crippen LogP contribution is -2.15. The van der Waals surface area contributed by atoms with Crippen LogP contribution in [0.2, 0.25) is 0 Å².